The Balaban J connectivity index is 2.34. The first-order chi connectivity index (χ1) is 7.86. The zero-order valence-corrected chi connectivity index (χ0v) is 9.33. The van der Waals surface area contributed by atoms with E-state index in [4.69, 9.17) is 5.26 Å². The van der Waals surface area contributed by atoms with Crippen LogP contribution in [0.3, 0.4) is 0 Å². The number of hydrogen-bond donors (Lipinski definition) is 2. The molecule has 2 aromatic rings. The van der Waals surface area contributed by atoms with E-state index in [-0.39, 0.29) is 6.04 Å². The smallest absolute Gasteiger partial charge is 0.0622 e. The summed E-state index contributed by atoms with van der Waals surface area (Å²) in [6, 6.07) is 10.7. The Morgan fingerprint density at radius 1 is 1.44 bits per heavy atom. The van der Waals surface area contributed by atoms with Crippen molar-refractivity contribution in [2.75, 3.05) is 7.05 Å². The van der Waals surface area contributed by atoms with Crippen molar-refractivity contribution >= 4 is 10.9 Å². The molecule has 82 valence electrons. The summed E-state index contributed by atoms with van der Waals surface area (Å²) >= 11 is 0. The molecular weight excluding hydrogens is 198 g/mol. The maximum absolute atomic E-state index is 8.64. The van der Waals surface area contributed by atoms with Gasteiger partial charge in [0, 0.05) is 29.6 Å². The van der Waals surface area contributed by atoms with Crippen LogP contribution in [0.25, 0.3) is 10.9 Å². The molecule has 1 unspecified atom stereocenters. The van der Waals surface area contributed by atoms with Crippen LogP contribution in [-0.2, 0) is 0 Å². The van der Waals surface area contributed by atoms with Crippen LogP contribution in [0, 0.1) is 11.3 Å². The van der Waals surface area contributed by atoms with Gasteiger partial charge >= 0.3 is 0 Å². The Kier molecular flexibility index (Phi) is 3.23. The summed E-state index contributed by atoms with van der Waals surface area (Å²) in [5.41, 5.74) is 2.39. The molecule has 0 saturated carbocycles. The van der Waals surface area contributed by atoms with Gasteiger partial charge in [0.2, 0.25) is 0 Å². The van der Waals surface area contributed by atoms with Gasteiger partial charge in [-0.15, -0.1) is 0 Å². The van der Waals surface area contributed by atoms with Crippen LogP contribution in [0.4, 0.5) is 0 Å². The zero-order chi connectivity index (χ0) is 11.4. The first-order valence-corrected chi connectivity index (χ1v) is 5.47. The number of hydrogen-bond acceptors (Lipinski definition) is 2. The van der Waals surface area contributed by atoms with Crippen molar-refractivity contribution in [3.63, 3.8) is 0 Å². The lowest BCUT2D eigenvalue weighted by atomic mass is 10.0. The molecule has 0 aliphatic heterocycles. The molecular formula is C13H15N3. The highest BCUT2D eigenvalue weighted by atomic mass is 14.9. The molecule has 1 aromatic carbocycles. The predicted molar refractivity (Wildman–Crippen MR) is 64.9 cm³/mol. The maximum atomic E-state index is 8.64. The fourth-order valence-electron chi connectivity index (χ4n) is 2.05. The van der Waals surface area contributed by atoms with Crippen molar-refractivity contribution in [1.29, 1.82) is 5.26 Å². The van der Waals surface area contributed by atoms with Crippen LogP contribution in [0.2, 0.25) is 0 Å². The summed E-state index contributed by atoms with van der Waals surface area (Å²) < 4.78 is 0. The van der Waals surface area contributed by atoms with Crippen molar-refractivity contribution in [3.05, 3.63) is 36.0 Å². The second kappa shape index (κ2) is 4.82. The van der Waals surface area contributed by atoms with Gasteiger partial charge in [-0.25, -0.2) is 0 Å². The molecule has 16 heavy (non-hydrogen) atoms. The second-order valence-corrected chi connectivity index (χ2v) is 3.83. The summed E-state index contributed by atoms with van der Waals surface area (Å²) in [6.45, 7) is 0. The van der Waals surface area contributed by atoms with Crippen molar-refractivity contribution in [2.24, 2.45) is 0 Å². The molecule has 0 aliphatic rings. The van der Waals surface area contributed by atoms with Crippen LogP contribution in [-0.4, -0.2) is 12.0 Å². The quantitative estimate of drug-likeness (QED) is 0.820. The van der Waals surface area contributed by atoms with Gasteiger partial charge in [-0.05, 0) is 25.1 Å². The average Bonchev–Trinajstić information content (AvgIpc) is 2.75. The van der Waals surface area contributed by atoms with Gasteiger partial charge in [-0.2, -0.15) is 5.26 Å². The summed E-state index contributed by atoms with van der Waals surface area (Å²) in [4.78, 5) is 3.26. The fourth-order valence-corrected chi connectivity index (χ4v) is 2.05. The number of nitriles is 1. The van der Waals surface area contributed by atoms with Gasteiger partial charge in [-0.3, -0.25) is 0 Å². The van der Waals surface area contributed by atoms with Crippen molar-refractivity contribution in [1.82, 2.24) is 10.3 Å². The summed E-state index contributed by atoms with van der Waals surface area (Å²) in [6.07, 6.45) is 3.45. The molecule has 1 atom stereocenters. The largest absolute Gasteiger partial charge is 0.361 e. The lowest BCUT2D eigenvalue weighted by molar-refractivity contribution is 0.561. The minimum Gasteiger partial charge on any atom is -0.361 e. The van der Waals surface area contributed by atoms with Crippen LogP contribution in [0.5, 0.6) is 0 Å². The van der Waals surface area contributed by atoms with Crippen molar-refractivity contribution in [2.45, 2.75) is 18.9 Å². The minimum absolute atomic E-state index is 0.246. The highest BCUT2D eigenvalue weighted by molar-refractivity contribution is 5.83. The summed E-state index contributed by atoms with van der Waals surface area (Å²) in [5.74, 6) is 0. The van der Waals surface area contributed by atoms with Gasteiger partial charge < -0.3 is 10.3 Å². The Hall–Kier alpha value is -1.79. The normalized spacial score (nSPS) is 12.5. The van der Waals surface area contributed by atoms with Crippen LogP contribution in [0.15, 0.2) is 30.5 Å². The molecule has 3 nitrogen and oxygen atoms in total. The van der Waals surface area contributed by atoms with Gasteiger partial charge in [-0.1, -0.05) is 18.2 Å². The molecule has 0 amide bonds. The Bertz CT molecular complexity index is 507. The van der Waals surface area contributed by atoms with E-state index in [9.17, 15) is 0 Å². The third-order valence-corrected chi connectivity index (χ3v) is 2.89. The third-order valence-electron chi connectivity index (χ3n) is 2.89. The fraction of sp³-hybridized carbons (Fsp3) is 0.308. The highest BCUT2D eigenvalue weighted by Crippen LogP contribution is 2.26. The van der Waals surface area contributed by atoms with Crippen molar-refractivity contribution in [3.8, 4) is 6.07 Å². The monoisotopic (exact) mass is 213 g/mol. The molecule has 0 fully saturated rings. The number of fused-ring (bicyclic) bond motifs is 1. The Morgan fingerprint density at radius 3 is 3.00 bits per heavy atom. The molecule has 0 bridgehead atoms. The van der Waals surface area contributed by atoms with E-state index < -0.39 is 0 Å². The summed E-state index contributed by atoms with van der Waals surface area (Å²) in [7, 11) is 1.93. The zero-order valence-electron chi connectivity index (χ0n) is 9.33. The molecule has 0 spiro atoms. The first kappa shape index (κ1) is 10.7. The molecule has 2 N–H and O–H groups in total. The van der Waals surface area contributed by atoms with Gasteiger partial charge in [0.1, 0.15) is 0 Å². The first-order valence-electron chi connectivity index (χ1n) is 5.47. The van der Waals surface area contributed by atoms with E-state index in [0.717, 1.165) is 11.9 Å². The minimum atomic E-state index is 0.246. The molecule has 1 heterocycles. The van der Waals surface area contributed by atoms with Crippen LogP contribution < -0.4 is 5.32 Å². The number of nitrogens with one attached hydrogen (secondary N) is 2. The third kappa shape index (κ3) is 1.93. The van der Waals surface area contributed by atoms with E-state index in [2.05, 4.69) is 28.5 Å². The van der Waals surface area contributed by atoms with Gasteiger partial charge in [0.15, 0.2) is 0 Å². The Morgan fingerprint density at radius 2 is 2.25 bits per heavy atom. The van der Waals surface area contributed by atoms with Crippen molar-refractivity contribution < 1.29 is 0 Å². The topological polar surface area (TPSA) is 51.6 Å². The number of para-hydroxylation sites is 1. The number of rotatable bonds is 4. The van der Waals surface area contributed by atoms with E-state index in [1.165, 1.54) is 10.9 Å². The molecule has 1 aromatic heterocycles. The molecule has 0 radical (unpaired) electrons. The van der Waals surface area contributed by atoms with E-state index in [1.54, 1.807) is 0 Å². The maximum Gasteiger partial charge on any atom is 0.0622 e. The summed E-state index contributed by atoms with van der Waals surface area (Å²) in [5, 5.41) is 13.1. The molecule has 3 heteroatoms. The van der Waals surface area contributed by atoms with Gasteiger partial charge in [0.05, 0.1) is 6.07 Å². The average molecular weight is 213 g/mol. The molecule has 0 saturated heterocycles. The number of aromatic amines is 1. The van der Waals surface area contributed by atoms with E-state index in [1.807, 2.05) is 25.4 Å². The number of nitrogens with zero attached hydrogens (tertiary/aromatic N) is 1. The SMILES string of the molecule is CNC(CCC#N)c1c[nH]c2ccccc12. The van der Waals surface area contributed by atoms with Gasteiger partial charge in [0.25, 0.3) is 0 Å². The van der Waals surface area contributed by atoms with Crippen LogP contribution in [0.1, 0.15) is 24.4 Å². The van der Waals surface area contributed by atoms with Crippen LogP contribution >= 0.6 is 0 Å². The van der Waals surface area contributed by atoms with E-state index in [0.29, 0.717) is 6.42 Å². The lowest BCUT2D eigenvalue weighted by Crippen LogP contribution is -2.15. The molecule has 0 aliphatic carbocycles. The standard InChI is InChI=1S/C13H15N3/c1-15-12(7-4-8-14)11-9-16-13-6-3-2-5-10(11)13/h2-3,5-6,9,12,15-16H,4,7H2,1H3. The predicted octanol–water partition coefficient (Wildman–Crippen LogP) is 2.73. The Labute approximate surface area is 95.1 Å². The number of H-pyrrole nitrogens is 1. The highest BCUT2D eigenvalue weighted by Gasteiger charge is 2.13. The molecule has 2 rings (SSSR count). The number of benzene rings is 1. The van der Waals surface area contributed by atoms with E-state index >= 15 is 0 Å². The second-order valence-electron chi connectivity index (χ2n) is 3.83. The lowest BCUT2D eigenvalue weighted by Gasteiger charge is -2.13. The number of aromatic nitrogens is 1.